The predicted octanol–water partition coefficient (Wildman–Crippen LogP) is 2.42. The fourth-order valence-corrected chi connectivity index (χ4v) is 2.10. The van der Waals surface area contributed by atoms with E-state index in [0.29, 0.717) is 0 Å². The predicted molar refractivity (Wildman–Crippen MR) is 72.4 cm³/mol. The van der Waals surface area contributed by atoms with E-state index in [2.05, 4.69) is 23.8 Å². The first kappa shape index (κ1) is 12.0. The quantitative estimate of drug-likeness (QED) is 0.619. The first-order chi connectivity index (χ1) is 8.20. The summed E-state index contributed by atoms with van der Waals surface area (Å²) in [5.74, 6) is 3.62. The van der Waals surface area contributed by atoms with Gasteiger partial charge in [0.1, 0.15) is 0 Å². The molecule has 0 unspecified atom stereocenters. The maximum Gasteiger partial charge on any atom is 0.0601 e. The molecule has 2 nitrogen and oxygen atoms in total. The van der Waals surface area contributed by atoms with Gasteiger partial charge in [0.05, 0.1) is 6.54 Å². The number of benzene rings is 1. The molecule has 0 bridgehead atoms. The highest BCUT2D eigenvalue weighted by Gasteiger charge is 2.24. The van der Waals surface area contributed by atoms with Crippen LogP contribution >= 0.6 is 0 Å². The van der Waals surface area contributed by atoms with Crippen LogP contribution in [0.4, 0.5) is 5.69 Å². The molecule has 1 aromatic carbocycles. The van der Waals surface area contributed by atoms with E-state index in [1.807, 2.05) is 12.1 Å². The molecule has 0 aliphatic heterocycles. The van der Waals surface area contributed by atoms with Crippen molar-refractivity contribution >= 4 is 5.69 Å². The number of anilines is 1. The third-order valence-corrected chi connectivity index (χ3v) is 3.41. The normalized spacial score (nSPS) is 14.9. The maximum absolute atomic E-state index is 5.93. The van der Waals surface area contributed by atoms with Gasteiger partial charge in [0.25, 0.3) is 0 Å². The minimum Gasteiger partial charge on any atom is -0.399 e. The van der Waals surface area contributed by atoms with Crippen LogP contribution in [0.15, 0.2) is 18.2 Å². The van der Waals surface area contributed by atoms with Gasteiger partial charge in [-0.3, -0.25) is 4.90 Å². The van der Waals surface area contributed by atoms with Gasteiger partial charge in [0.15, 0.2) is 0 Å². The number of nitrogens with two attached hydrogens (primary N) is 1. The van der Waals surface area contributed by atoms with Gasteiger partial charge in [-0.2, -0.15) is 0 Å². The summed E-state index contributed by atoms with van der Waals surface area (Å²) in [5.41, 5.74) is 9.27. The van der Waals surface area contributed by atoms with Crippen molar-refractivity contribution in [1.82, 2.24) is 4.90 Å². The maximum atomic E-state index is 5.93. The van der Waals surface area contributed by atoms with Crippen molar-refractivity contribution in [2.45, 2.75) is 26.3 Å². The zero-order chi connectivity index (χ0) is 12.3. The molecule has 1 aliphatic rings. The van der Waals surface area contributed by atoms with Crippen LogP contribution in [0.1, 0.15) is 24.0 Å². The number of nitrogens with zero attached hydrogens (tertiary/aromatic N) is 1. The van der Waals surface area contributed by atoms with Gasteiger partial charge < -0.3 is 5.73 Å². The summed E-state index contributed by atoms with van der Waals surface area (Å²) in [5, 5.41) is 0. The number of nitrogen functional groups attached to an aromatic ring is 1. The Morgan fingerprint density at radius 2 is 2.24 bits per heavy atom. The number of terminal acetylenes is 1. The minimum absolute atomic E-state index is 0.727. The zero-order valence-corrected chi connectivity index (χ0v) is 10.4. The van der Waals surface area contributed by atoms with Crippen LogP contribution in [0.25, 0.3) is 0 Å². The lowest BCUT2D eigenvalue weighted by Gasteiger charge is -2.21. The zero-order valence-electron chi connectivity index (χ0n) is 10.4. The summed E-state index contributed by atoms with van der Waals surface area (Å²) >= 11 is 0. The topological polar surface area (TPSA) is 29.3 Å². The number of rotatable bonds is 5. The molecule has 0 spiro atoms. The molecule has 1 aliphatic carbocycles. The Morgan fingerprint density at radius 3 is 2.88 bits per heavy atom. The van der Waals surface area contributed by atoms with E-state index in [1.165, 1.54) is 24.0 Å². The molecular formula is C15H20N2. The highest BCUT2D eigenvalue weighted by Crippen LogP contribution is 2.30. The van der Waals surface area contributed by atoms with Gasteiger partial charge in [-0.15, -0.1) is 6.42 Å². The van der Waals surface area contributed by atoms with Crippen molar-refractivity contribution < 1.29 is 0 Å². The van der Waals surface area contributed by atoms with Gasteiger partial charge in [-0.1, -0.05) is 18.1 Å². The molecule has 0 saturated heterocycles. The van der Waals surface area contributed by atoms with E-state index in [-0.39, 0.29) is 0 Å². The van der Waals surface area contributed by atoms with Gasteiger partial charge in [0.2, 0.25) is 0 Å². The standard InChI is InChI=1S/C15H20N2/c1-3-9-17(10-13-7-8-13)11-14-5-4-6-15(16)12(14)2/h1,4-6,13H,7-11,16H2,2H3. The molecule has 2 N–H and O–H groups in total. The van der Waals surface area contributed by atoms with E-state index in [0.717, 1.165) is 31.2 Å². The molecule has 1 saturated carbocycles. The second-order valence-corrected chi connectivity index (χ2v) is 4.95. The Balaban J connectivity index is 2.05. The van der Waals surface area contributed by atoms with E-state index in [4.69, 9.17) is 12.2 Å². The summed E-state index contributed by atoms with van der Waals surface area (Å²) in [6, 6.07) is 6.11. The number of hydrogen-bond donors (Lipinski definition) is 1. The lowest BCUT2D eigenvalue weighted by atomic mass is 10.1. The second-order valence-electron chi connectivity index (χ2n) is 4.95. The number of hydrogen-bond acceptors (Lipinski definition) is 2. The highest BCUT2D eigenvalue weighted by atomic mass is 15.1. The third-order valence-electron chi connectivity index (χ3n) is 3.41. The van der Waals surface area contributed by atoms with Gasteiger partial charge in [-0.25, -0.2) is 0 Å². The molecule has 0 heterocycles. The van der Waals surface area contributed by atoms with E-state index in [1.54, 1.807) is 0 Å². The van der Waals surface area contributed by atoms with Crippen LogP contribution in [0, 0.1) is 25.2 Å². The third kappa shape index (κ3) is 3.25. The fourth-order valence-electron chi connectivity index (χ4n) is 2.10. The Hall–Kier alpha value is -1.46. The monoisotopic (exact) mass is 228 g/mol. The molecule has 0 radical (unpaired) electrons. The molecule has 0 atom stereocenters. The molecule has 90 valence electrons. The van der Waals surface area contributed by atoms with Crippen LogP contribution in [0.3, 0.4) is 0 Å². The van der Waals surface area contributed by atoms with Crippen molar-refractivity contribution in [3.8, 4) is 12.3 Å². The Kier molecular flexibility index (Phi) is 3.71. The first-order valence-corrected chi connectivity index (χ1v) is 6.20. The van der Waals surface area contributed by atoms with Crippen LogP contribution in [-0.2, 0) is 6.54 Å². The molecule has 1 fully saturated rings. The fraction of sp³-hybridized carbons (Fsp3) is 0.467. The van der Waals surface area contributed by atoms with E-state index >= 15 is 0 Å². The van der Waals surface area contributed by atoms with Gasteiger partial charge in [0, 0.05) is 18.8 Å². The van der Waals surface area contributed by atoms with Gasteiger partial charge in [-0.05, 0) is 42.9 Å². The second kappa shape index (κ2) is 5.25. The molecule has 2 heteroatoms. The van der Waals surface area contributed by atoms with E-state index in [9.17, 15) is 0 Å². The molecule has 0 amide bonds. The molecule has 1 aromatic rings. The smallest absolute Gasteiger partial charge is 0.0601 e. The molecular weight excluding hydrogens is 208 g/mol. The largest absolute Gasteiger partial charge is 0.399 e. The summed E-state index contributed by atoms with van der Waals surface area (Å²) in [6.07, 6.45) is 8.15. The average Bonchev–Trinajstić information content (AvgIpc) is 3.09. The Morgan fingerprint density at radius 1 is 1.47 bits per heavy atom. The van der Waals surface area contributed by atoms with Crippen molar-refractivity contribution in [2.24, 2.45) is 5.92 Å². The molecule has 17 heavy (non-hydrogen) atoms. The highest BCUT2D eigenvalue weighted by molar-refractivity contribution is 5.49. The Labute approximate surface area is 104 Å². The lowest BCUT2D eigenvalue weighted by Crippen LogP contribution is -2.26. The van der Waals surface area contributed by atoms with Crippen molar-refractivity contribution in [3.63, 3.8) is 0 Å². The van der Waals surface area contributed by atoms with Crippen molar-refractivity contribution in [1.29, 1.82) is 0 Å². The van der Waals surface area contributed by atoms with Crippen LogP contribution in [-0.4, -0.2) is 18.0 Å². The van der Waals surface area contributed by atoms with Crippen LogP contribution < -0.4 is 5.73 Å². The van der Waals surface area contributed by atoms with Crippen molar-refractivity contribution in [3.05, 3.63) is 29.3 Å². The van der Waals surface area contributed by atoms with Gasteiger partial charge >= 0.3 is 0 Å². The van der Waals surface area contributed by atoms with E-state index < -0.39 is 0 Å². The van der Waals surface area contributed by atoms with Crippen LogP contribution in [0.5, 0.6) is 0 Å². The molecule has 2 rings (SSSR count). The van der Waals surface area contributed by atoms with Crippen molar-refractivity contribution in [2.75, 3.05) is 18.8 Å². The summed E-state index contributed by atoms with van der Waals surface area (Å²) in [6.45, 7) is 4.84. The Bertz CT molecular complexity index is 427. The summed E-state index contributed by atoms with van der Waals surface area (Å²) < 4.78 is 0. The minimum atomic E-state index is 0.727. The summed E-state index contributed by atoms with van der Waals surface area (Å²) in [4.78, 5) is 2.35. The lowest BCUT2D eigenvalue weighted by molar-refractivity contribution is 0.286. The summed E-state index contributed by atoms with van der Waals surface area (Å²) in [7, 11) is 0. The SMILES string of the molecule is C#CCN(Cc1cccc(N)c1C)CC1CC1. The van der Waals surface area contributed by atoms with Crippen LogP contribution in [0.2, 0.25) is 0 Å². The first-order valence-electron chi connectivity index (χ1n) is 6.20. The average molecular weight is 228 g/mol. The molecule has 0 aromatic heterocycles.